The molecule has 0 bridgehead atoms. The maximum absolute atomic E-state index is 4.42. The van der Waals surface area contributed by atoms with Crippen LogP contribution in [0.5, 0.6) is 0 Å². The average molecular weight is 243 g/mol. The highest BCUT2D eigenvalue weighted by atomic mass is 32.2. The minimum Gasteiger partial charge on any atom is -0.235 e. The average Bonchev–Trinajstić information content (AvgIpc) is 2.82. The Bertz CT molecular complexity index is 649. The first-order valence-corrected chi connectivity index (χ1v) is 6.27. The van der Waals surface area contributed by atoms with E-state index in [1.165, 1.54) is 11.8 Å². The smallest absolute Gasteiger partial charge is 0.207 e. The number of aromatic nitrogens is 5. The molecular formula is C11H9N5S. The molecule has 0 aliphatic rings. The molecule has 3 aromatic heterocycles. The van der Waals surface area contributed by atoms with Crippen LogP contribution in [0.1, 0.15) is 0 Å². The van der Waals surface area contributed by atoms with E-state index in [-0.39, 0.29) is 0 Å². The summed E-state index contributed by atoms with van der Waals surface area (Å²) in [5.74, 6) is 0.665. The van der Waals surface area contributed by atoms with Crippen LogP contribution in [0.2, 0.25) is 0 Å². The third kappa shape index (κ3) is 1.76. The van der Waals surface area contributed by atoms with Crippen molar-refractivity contribution < 1.29 is 0 Å². The Hall–Kier alpha value is -1.95. The second kappa shape index (κ2) is 4.14. The summed E-state index contributed by atoms with van der Waals surface area (Å²) >= 11 is 1.51. The van der Waals surface area contributed by atoms with Crippen molar-refractivity contribution in [2.24, 2.45) is 0 Å². The van der Waals surface area contributed by atoms with Crippen LogP contribution in [0.3, 0.4) is 0 Å². The molecule has 3 heterocycles. The van der Waals surface area contributed by atoms with Gasteiger partial charge in [0, 0.05) is 12.4 Å². The Morgan fingerprint density at radius 2 is 1.94 bits per heavy atom. The Morgan fingerprint density at radius 3 is 2.71 bits per heavy atom. The molecule has 0 atom stereocenters. The van der Waals surface area contributed by atoms with Crippen molar-refractivity contribution in [2.75, 3.05) is 6.26 Å². The molecule has 84 valence electrons. The lowest BCUT2D eigenvalue weighted by molar-refractivity contribution is 0.799. The summed E-state index contributed by atoms with van der Waals surface area (Å²) < 4.78 is 1.81. The molecule has 0 radical (unpaired) electrons. The number of hydrogen-bond donors (Lipinski definition) is 0. The molecular weight excluding hydrogens is 234 g/mol. The van der Waals surface area contributed by atoms with Crippen molar-refractivity contribution in [2.45, 2.75) is 5.16 Å². The minimum atomic E-state index is 0.665. The molecule has 0 spiro atoms. The SMILES string of the molecule is CSc1ncc2ccc(-c3ncccn3)n2n1. The van der Waals surface area contributed by atoms with Gasteiger partial charge in [-0.15, -0.1) is 5.10 Å². The summed E-state index contributed by atoms with van der Waals surface area (Å²) in [6, 6.07) is 5.70. The van der Waals surface area contributed by atoms with Gasteiger partial charge in [0.05, 0.1) is 11.7 Å². The quantitative estimate of drug-likeness (QED) is 0.643. The van der Waals surface area contributed by atoms with Crippen molar-refractivity contribution in [3.63, 3.8) is 0 Å². The van der Waals surface area contributed by atoms with Gasteiger partial charge in [0.1, 0.15) is 5.69 Å². The van der Waals surface area contributed by atoms with E-state index in [1.54, 1.807) is 24.7 Å². The van der Waals surface area contributed by atoms with Crippen molar-refractivity contribution in [3.05, 3.63) is 36.8 Å². The van der Waals surface area contributed by atoms with Gasteiger partial charge in [-0.1, -0.05) is 11.8 Å². The topological polar surface area (TPSA) is 56.0 Å². The lowest BCUT2D eigenvalue weighted by Gasteiger charge is -2.01. The molecule has 3 rings (SSSR count). The van der Waals surface area contributed by atoms with Gasteiger partial charge in [-0.25, -0.2) is 19.5 Å². The van der Waals surface area contributed by atoms with Crippen LogP contribution >= 0.6 is 11.8 Å². The van der Waals surface area contributed by atoms with E-state index in [0.29, 0.717) is 5.82 Å². The first-order valence-electron chi connectivity index (χ1n) is 5.04. The van der Waals surface area contributed by atoms with Crippen molar-refractivity contribution in [1.82, 2.24) is 24.6 Å². The third-order valence-electron chi connectivity index (χ3n) is 2.35. The summed E-state index contributed by atoms with van der Waals surface area (Å²) in [5.41, 5.74) is 1.81. The Morgan fingerprint density at radius 1 is 1.12 bits per heavy atom. The van der Waals surface area contributed by atoms with Crippen LogP contribution in [-0.2, 0) is 0 Å². The maximum atomic E-state index is 4.42. The minimum absolute atomic E-state index is 0.665. The lowest BCUT2D eigenvalue weighted by atomic mass is 10.4. The van der Waals surface area contributed by atoms with Crippen molar-refractivity contribution in [1.29, 1.82) is 0 Å². The van der Waals surface area contributed by atoms with Gasteiger partial charge >= 0.3 is 0 Å². The molecule has 6 heteroatoms. The van der Waals surface area contributed by atoms with E-state index in [1.807, 2.05) is 22.9 Å². The molecule has 0 amide bonds. The molecule has 5 nitrogen and oxygen atoms in total. The lowest BCUT2D eigenvalue weighted by Crippen LogP contribution is -1.99. The fraction of sp³-hybridized carbons (Fsp3) is 0.0909. The number of nitrogens with zero attached hydrogens (tertiary/aromatic N) is 5. The zero-order chi connectivity index (χ0) is 11.7. The fourth-order valence-electron chi connectivity index (χ4n) is 1.58. The molecule has 0 N–H and O–H groups in total. The fourth-order valence-corrected chi connectivity index (χ4v) is 1.90. The molecule has 0 unspecified atom stereocenters. The summed E-state index contributed by atoms with van der Waals surface area (Å²) in [5, 5.41) is 5.15. The second-order valence-corrected chi connectivity index (χ2v) is 4.15. The number of hydrogen-bond acceptors (Lipinski definition) is 5. The predicted octanol–water partition coefficient (Wildman–Crippen LogP) is 1.91. The van der Waals surface area contributed by atoms with Crippen LogP contribution in [0, 0.1) is 0 Å². The Labute approximate surface area is 102 Å². The predicted molar refractivity (Wildman–Crippen MR) is 65.8 cm³/mol. The van der Waals surface area contributed by atoms with E-state index in [4.69, 9.17) is 0 Å². The molecule has 0 aliphatic heterocycles. The standard InChI is InChI=1S/C11H9N5S/c1-17-11-14-7-8-3-4-9(16(8)15-11)10-12-5-2-6-13-10/h2-7H,1H3. The van der Waals surface area contributed by atoms with Gasteiger partial charge in [-0.2, -0.15) is 0 Å². The van der Waals surface area contributed by atoms with Crippen LogP contribution < -0.4 is 0 Å². The van der Waals surface area contributed by atoms with Gasteiger partial charge in [0.15, 0.2) is 5.82 Å². The summed E-state index contributed by atoms with van der Waals surface area (Å²) in [4.78, 5) is 12.7. The summed E-state index contributed by atoms with van der Waals surface area (Å²) in [6.07, 6.45) is 7.19. The molecule has 0 aromatic carbocycles. The Kier molecular flexibility index (Phi) is 2.49. The van der Waals surface area contributed by atoms with Crippen LogP contribution in [0.15, 0.2) is 41.9 Å². The monoisotopic (exact) mass is 243 g/mol. The van der Waals surface area contributed by atoms with Gasteiger partial charge in [0.2, 0.25) is 5.16 Å². The van der Waals surface area contributed by atoms with Crippen LogP contribution in [-0.4, -0.2) is 30.8 Å². The highest BCUT2D eigenvalue weighted by molar-refractivity contribution is 7.98. The molecule has 17 heavy (non-hydrogen) atoms. The van der Waals surface area contributed by atoms with Crippen LogP contribution in [0.25, 0.3) is 17.0 Å². The molecule has 3 aromatic rings. The first kappa shape index (κ1) is 10.2. The van der Waals surface area contributed by atoms with Crippen molar-refractivity contribution >= 4 is 17.3 Å². The van der Waals surface area contributed by atoms with Crippen molar-refractivity contribution in [3.8, 4) is 11.5 Å². The second-order valence-electron chi connectivity index (χ2n) is 3.37. The van der Waals surface area contributed by atoms with E-state index < -0.39 is 0 Å². The molecule has 0 saturated heterocycles. The van der Waals surface area contributed by atoms with E-state index >= 15 is 0 Å². The highest BCUT2D eigenvalue weighted by Crippen LogP contribution is 2.18. The van der Waals surface area contributed by atoms with E-state index in [2.05, 4.69) is 20.1 Å². The molecule has 0 fully saturated rings. The zero-order valence-corrected chi connectivity index (χ0v) is 9.92. The summed E-state index contributed by atoms with van der Waals surface area (Å²) in [7, 11) is 0. The van der Waals surface area contributed by atoms with Crippen LogP contribution in [0.4, 0.5) is 0 Å². The van der Waals surface area contributed by atoms with Gasteiger partial charge in [-0.05, 0) is 24.5 Å². The highest BCUT2D eigenvalue weighted by Gasteiger charge is 2.08. The Balaban J connectivity index is 2.23. The van der Waals surface area contributed by atoms with Gasteiger partial charge < -0.3 is 0 Å². The van der Waals surface area contributed by atoms with Gasteiger partial charge in [-0.3, -0.25) is 0 Å². The molecule has 0 saturated carbocycles. The number of thioether (sulfide) groups is 1. The first-order chi connectivity index (χ1) is 8.38. The largest absolute Gasteiger partial charge is 0.235 e. The van der Waals surface area contributed by atoms with E-state index in [0.717, 1.165) is 16.4 Å². The summed E-state index contributed by atoms with van der Waals surface area (Å²) in [6.45, 7) is 0. The number of rotatable bonds is 2. The molecule has 0 aliphatic carbocycles. The normalized spacial score (nSPS) is 10.9. The number of fused-ring (bicyclic) bond motifs is 1. The van der Waals surface area contributed by atoms with Gasteiger partial charge in [0.25, 0.3) is 0 Å². The maximum Gasteiger partial charge on any atom is 0.207 e. The third-order valence-corrected chi connectivity index (χ3v) is 2.91. The van der Waals surface area contributed by atoms with E-state index in [9.17, 15) is 0 Å². The zero-order valence-electron chi connectivity index (χ0n) is 9.11.